The summed E-state index contributed by atoms with van der Waals surface area (Å²) in [6.07, 6.45) is 0.879. The van der Waals surface area contributed by atoms with Crippen LogP contribution in [0.5, 0.6) is 0 Å². The molecule has 116 valence electrons. The normalized spacial score (nSPS) is 13.5. The number of carbonyl (C=O) groups excluding carboxylic acids is 1. The second-order valence-electron chi connectivity index (χ2n) is 5.13. The van der Waals surface area contributed by atoms with Crippen molar-refractivity contribution in [3.05, 3.63) is 66.2 Å². The fraction of sp³-hybridized carbons (Fsp3) is 0.316. The van der Waals surface area contributed by atoms with Gasteiger partial charge in [-0.1, -0.05) is 55.5 Å². The number of benzene rings is 2. The standard InChI is InChI=1S/C19H22O2S/c1-3-16(20)14-18(21-2)19(15-10-6-4-7-11-15)22-17-12-8-5-9-13-17/h4-13,18-19H,3,14H2,1-2H3. The molecule has 0 amide bonds. The molecule has 0 bridgehead atoms. The lowest BCUT2D eigenvalue weighted by atomic mass is 10.0. The maximum Gasteiger partial charge on any atom is 0.135 e. The van der Waals surface area contributed by atoms with Gasteiger partial charge in [0.25, 0.3) is 0 Å². The van der Waals surface area contributed by atoms with E-state index in [-0.39, 0.29) is 17.1 Å². The van der Waals surface area contributed by atoms with Gasteiger partial charge in [0.2, 0.25) is 0 Å². The van der Waals surface area contributed by atoms with Crippen LogP contribution in [0.15, 0.2) is 65.6 Å². The Morgan fingerprint density at radius 3 is 2.18 bits per heavy atom. The minimum atomic E-state index is -0.125. The number of Topliss-reactive ketones (excluding diaryl/α,β-unsaturated/α-hetero) is 1. The summed E-state index contributed by atoms with van der Waals surface area (Å²) in [5, 5.41) is 0.101. The number of rotatable bonds is 8. The van der Waals surface area contributed by atoms with E-state index in [1.54, 1.807) is 18.9 Å². The van der Waals surface area contributed by atoms with Gasteiger partial charge in [-0.3, -0.25) is 4.79 Å². The highest BCUT2D eigenvalue weighted by molar-refractivity contribution is 7.99. The van der Waals surface area contributed by atoms with Gasteiger partial charge in [0.1, 0.15) is 5.78 Å². The molecule has 0 aliphatic rings. The van der Waals surface area contributed by atoms with E-state index in [0.29, 0.717) is 12.8 Å². The van der Waals surface area contributed by atoms with Crippen molar-refractivity contribution in [2.75, 3.05) is 7.11 Å². The van der Waals surface area contributed by atoms with E-state index in [1.165, 1.54) is 10.5 Å². The number of hydrogen-bond donors (Lipinski definition) is 0. The van der Waals surface area contributed by atoms with Crippen molar-refractivity contribution in [1.82, 2.24) is 0 Å². The van der Waals surface area contributed by atoms with Crippen LogP contribution in [0.1, 0.15) is 30.6 Å². The molecule has 22 heavy (non-hydrogen) atoms. The molecule has 0 aliphatic carbocycles. The lowest BCUT2D eigenvalue weighted by Gasteiger charge is -2.25. The third-order valence-corrected chi connectivity index (χ3v) is 4.97. The highest BCUT2D eigenvalue weighted by atomic mass is 32.2. The Morgan fingerprint density at radius 2 is 1.64 bits per heavy atom. The zero-order chi connectivity index (χ0) is 15.8. The first-order valence-electron chi connectivity index (χ1n) is 7.55. The van der Waals surface area contributed by atoms with Crippen molar-refractivity contribution in [2.45, 2.75) is 36.0 Å². The molecule has 0 spiro atoms. The third kappa shape index (κ3) is 4.72. The summed E-state index contributed by atoms with van der Waals surface area (Å²) < 4.78 is 5.67. The smallest absolute Gasteiger partial charge is 0.135 e. The predicted octanol–water partition coefficient (Wildman–Crippen LogP) is 4.90. The van der Waals surface area contributed by atoms with Gasteiger partial charge in [0, 0.05) is 24.8 Å². The first-order valence-corrected chi connectivity index (χ1v) is 8.43. The van der Waals surface area contributed by atoms with Gasteiger partial charge < -0.3 is 4.74 Å². The van der Waals surface area contributed by atoms with E-state index in [9.17, 15) is 4.79 Å². The quantitative estimate of drug-likeness (QED) is 0.648. The van der Waals surface area contributed by atoms with Crippen molar-refractivity contribution < 1.29 is 9.53 Å². The molecule has 0 saturated heterocycles. The van der Waals surface area contributed by atoms with E-state index in [1.807, 2.05) is 43.3 Å². The second-order valence-corrected chi connectivity index (χ2v) is 6.35. The summed E-state index contributed by atoms with van der Waals surface area (Å²) >= 11 is 1.75. The van der Waals surface area contributed by atoms with Crippen LogP contribution in [0.2, 0.25) is 0 Å². The summed E-state index contributed by atoms with van der Waals surface area (Å²) in [6, 6.07) is 20.5. The summed E-state index contributed by atoms with van der Waals surface area (Å²) in [5.74, 6) is 0.237. The molecule has 0 fully saturated rings. The Hall–Kier alpha value is -1.58. The van der Waals surface area contributed by atoms with Crippen molar-refractivity contribution in [2.24, 2.45) is 0 Å². The maximum absolute atomic E-state index is 11.9. The van der Waals surface area contributed by atoms with Crippen LogP contribution in [-0.4, -0.2) is 19.0 Å². The van der Waals surface area contributed by atoms with E-state index >= 15 is 0 Å². The summed E-state index contributed by atoms with van der Waals surface area (Å²) in [5.41, 5.74) is 1.19. The molecule has 2 atom stereocenters. The van der Waals surface area contributed by atoms with Gasteiger partial charge in [0.15, 0.2) is 0 Å². The molecule has 3 heteroatoms. The van der Waals surface area contributed by atoms with Gasteiger partial charge in [0.05, 0.1) is 11.4 Å². The minimum absolute atomic E-state index is 0.101. The van der Waals surface area contributed by atoms with Crippen LogP contribution in [0, 0.1) is 0 Å². The van der Waals surface area contributed by atoms with Crippen LogP contribution in [0.4, 0.5) is 0 Å². The van der Waals surface area contributed by atoms with E-state index < -0.39 is 0 Å². The van der Waals surface area contributed by atoms with Crippen LogP contribution in [0.3, 0.4) is 0 Å². The molecule has 0 heterocycles. The van der Waals surface area contributed by atoms with Crippen molar-refractivity contribution in [1.29, 1.82) is 0 Å². The lowest BCUT2D eigenvalue weighted by molar-refractivity contribution is -0.121. The SMILES string of the molecule is CCC(=O)CC(OC)C(Sc1ccccc1)c1ccccc1. The summed E-state index contributed by atoms with van der Waals surface area (Å²) in [7, 11) is 1.69. The molecule has 0 aliphatic heterocycles. The Bertz CT molecular complexity index is 569. The van der Waals surface area contributed by atoms with Gasteiger partial charge >= 0.3 is 0 Å². The highest BCUT2D eigenvalue weighted by Crippen LogP contribution is 2.39. The average molecular weight is 314 g/mol. The average Bonchev–Trinajstić information content (AvgIpc) is 2.59. The number of carbonyl (C=O) groups is 1. The van der Waals surface area contributed by atoms with E-state index in [2.05, 4.69) is 24.3 Å². The number of ether oxygens (including phenoxy) is 1. The molecule has 2 unspecified atom stereocenters. The largest absolute Gasteiger partial charge is 0.379 e. The highest BCUT2D eigenvalue weighted by Gasteiger charge is 2.26. The maximum atomic E-state index is 11.9. The van der Waals surface area contributed by atoms with Crippen molar-refractivity contribution in [3.8, 4) is 0 Å². The number of methoxy groups -OCH3 is 1. The van der Waals surface area contributed by atoms with Crippen LogP contribution < -0.4 is 0 Å². The minimum Gasteiger partial charge on any atom is -0.379 e. The van der Waals surface area contributed by atoms with Gasteiger partial charge in [-0.2, -0.15) is 0 Å². The number of hydrogen-bond acceptors (Lipinski definition) is 3. The predicted molar refractivity (Wildman–Crippen MR) is 92.2 cm³/mol. The second kappa shape index (κ2) is 8.76. The van der Waals surface area contributed by atoms with E-state index in [4.69, 9.17) is 4.74 Å². The van der Waals surface area contributed by atoms with Gasteiger partial charge in [-0.25, -0.2) is 0 Å². The molecule has 2 aromatic rings. The lowest BCUT2D eigenvalue weighted by Crippen LogP contribution is -2.22. The number of thioether (sulfide) groups is 1. The molecular formula is C19H22O2S. The Labute approximate surface area is 136 Å². The molecule has 0 radical (unpaired) electrons. The molecule has 0 saturated carbocycles. The first kappa shape index (κ1) is 16.8. The Morgan fingerprint density at radius 1 is 1.05 bits per heavy atom. The number of ketones is 1. The molecule has 2 aromatic carbocycles. The van der Waals surface area contributed by atoms with E-state index in [0.717, 1.165) is 0 Å². The fourth-order valence-corrected chi connectivity index (χ4v) is 3.59. The van der Waals surface area contributed by atoms with Crippen LogP contribution in [0.25, 0.3) is 0 Å². The Kier molecular flexibility index (Phi) is 6.69. The van der Waals surface area contributed by atoms with Crippen LogP contribution >= 0.6 is 11.8 Å². The summed E-state index contributed by atoms with van der Waals surface area (Å²) in [6.45, 7) is 1.90. The molecule has 0 N–H and O–H groups in total. The fourth-order valence-electron chi connectivity index (χ4n) is 2.33. The van der Waals surface area contributed by atoms with Crippen molar-refractivity contribution >= 4 is 17.5 Å². The molecule has 2 rings (SSSR count). The summed E-state index contributed by atoms with van der Waals surface area (Å²) in [4.78, 5) is 13.1. The molecular weight excluding hydrogens is 292 g/mol. The van der Waals surface area contributed by atoms with Crippen molar-refractivity contribution in [3.63, 3.8) is 0 Å². The van der Waals surface area contributed by atoms with Gasteiger partial charge in [-0.15, -0.1) is 11.8 Å². The topological polar surface area (TPSA) is 26.3 Å². The first-order chi connectivity index (χ1) is 10.7. The van der Waals surface area contributed by atoms with Gasteiger partial charge in [-0.05, 0) is 17.7 Å². The Balaban J connectivity index is 2.26. The molecule has 2 nitrogen and oxygen atoms in total. The zero-order valence-corrected chi connectivity index (χ0v) is 13.9. The zero-order valence-electron chi connectivity index (χ0n) is 13.1. The van der Waals surface area contributed by atoms with Crippen LogP contribution in [-0.2, 0) is 9.53 Å². The third-order valence-electron chi connectivity index (χ3n) is 3.60. The molecule has 0 aromatic heterocycles. The monoisotopic (exact) mass is 314 g/mol.